The third-order valence-electron chi connectivity index (χ3n) is 5.72. The number of hydrogen-bond acceptors (Lipinski definition) is 5. The van der Waals surface area contributed by atoms with Crippen molar-refractivity contribution in [1.29, 1.82) is 0 Å². The molecule has 34 heavy (non-hydrogen) atoms. The van der Waals surface area contributed by atoms with Crippen molar-refractivity contribution in [3.8, 4) is 0 Å². The van der Waals surface area contributed by atoms with Crippen LogP contribution in [0.15, 0.2) is 42.7 Å². The molecule has 0 radical (unpaired) electrons. The van der Waals surface area contributed by atoms with Crippen molar-refractivity contribution in [3.05, 3.63) is 59.5 Å². The van der Waals surface area contributed by atoms with Crippen LogP contribution in [0.2, 0.25) is 0 Å². The number of benzene rings is 1. The number of hydrogen-bond donors (Lipinski definition) is 4. The van der Waals surface area contributed by atoms with Crippen LogP contribution in [0.3, 0.4) is 0 Å². The maximum absolute atomic E-state index is 13.1. The van der Waals surface area contributed by atoms with Crippen LogP contribution in [-0.2, 0) is 16.1 Å². The molecule has 1 aliphatic carbocycles. The minimum Gasteiger partial charge on any atom is -0.350 e. The van der Waals surface area contributed by atoms with Crippen molar-refractivity contribution in [2.45, 2.75) is 51.6 Å². The number of rotatable bonds is 10. The Morgan fingerprint density at radius 2 is 1.88 bits per heavy atom. The quantitative estimate of drug-likeness (QED) is 0.368. The van der Waals surface area contributed by atoms with Crippen LogP contribution in [0.5, 0.6) is 0 Å². The number of carbonyl (C=O) groups is 3. The van der Waals surface area contributed by atoms with Crippen molar-refractivity contribution in [1.82, 2.24) is 30.9 Å². The Labute approximate surface area is 198 Å². The SMILES string of the molecule is CC(C)C[C@@H](NC(=O)c1c[nH]c2ncc(C3CC3)nc12)C(=O)NCC(=O)NCc1ccccc1. The minimum atomic E-state index is -0.779. The van der Waals surface area contributed by atoms with Crippen LogP contribution in [-0.4, -0.2) is 45.3 Å². The first-order valence-corrected chi connectivity index (χ1v) is 11.6. The summed E-state index contributed by atoms with van der Waals surface area (Å²) in [5.74, 6) is -0.530. The third-order valence-corrected chi connectivity index (χ3v) is 5.72. The van der Waals surface area contributed by atoms with E-state index in [0.717, 1.165) is 24.1 Å². The van der Waals surface area contributed by atoms with Gasteiger partial charge in [0.15, 0.2) is 5.65 Å². The number of aromatic nitrogens is 3. The molecule has 0 spiro atoms. The number of nitrogens with zero attached hydrogens (tertiary/aromatic N) is 2. The molecule has 0 unspecified atom stereocenters. The standard InChI is InChI=1S/C25H30N6O3/c1-15(2)10-19(25(34)29-14-21(32)26-11-16-6-4-3-5-7-16)31-24(33)18-12-27-23-22(18)30-20(13-28-23)17-8-9-17/h3-7,12-13,15,17,19H,8-11,14H2,1-2H3,(H,26,32)(H,27,28)(H,29,34)(H,31,33)/t19-/m1/s1. The summed E-state index contributed by atoms with van der Waals surface area (Å²) in [7, 11) is 0. The van der Waals surface area contributed by atoms with E-state index in [9.17, 15) is 14.4 Å². The lowest BCUT2D eigenvalue weighted by Gasteiger charge is -2.20. The van der Waals surface area contributed by atoms with E-state index in [1.54, 1.807) is 12.4 Å². The highest BCUT2D eigenvalue weighted by atomic mass is 16.2. The van der Waals surface area contributed by atoms with Gasteiger partial charge in [-0.25, -0.2) is 9.97 Å². The molecule has 1 aliphatic rings. The zero-order valence-electron chi connectivity index (χ0n) is 19.4. The molecule has 1 saturated carbocycles. The predicted molar refractivity (Wildman–Crippen MR) is 128 cm³/mol. The summed E-state index contributed by atoms with van der Waals surface area (Å²) < 4.78 is 0. The summed E-state index contributed by atoms with van der Waals surface area (Å²) in [4.78, 5) is 50.1. The first-order chi connectivity index (χ1) is 16.4. The van der Waals surface area contributed by atoms with Gasteiger partial charge >= 0.3 is 0 Å². The number of nitrogens with one attached hydrogen (secondary N) is 4. The predicted octanol–water partition coefficient (Wildman–Crippen LogP) is 2.41. The van der Waals surface area contributed by atoms with Crippen molar-refractivity contribution in [3.63, 3.8) is 0 Å². The first kappa shape index (κ1) is 23.4. The average molecular weight is 463 g/mol. The van der Waals surface area contributed by atoms with Gasteiger partial charge in [0.2, 0.25) is 11.8 Å². The maximum atomic E-state index is 13.1. The maximum Gasteiger partial charge on any atom is 0.255 e. The van der Waals surface area contributed by atoms with Crippen LogP contribution in [0, 0.1) is 5.92 Å². The topological polar surface area (TPSA) is 129 Å². The Hall–Kier alpha value is -3.75. The lowest BCUT2D eigenvalue weighted by molar-refractivity contribution is -0.127. The molecular formula is C25H30N6O3. The van der Waals surface area contributed by atoms with Gasteiger partial charge in [-0.2, -0.15) is 0 Å². The smallest absolute Gasteiger partial charge is 0.255 e. The average Bonchev–Trinajstić information content (AvgIpc) is 3.59. The Balaban J connectivity index is 1.37. The van der Waals surface area contributed by atoms with Gasteiger partial charge in [0, 0.05) is 18.7 Å². The van der Waals surface area contributed by atoms with Crippen molar-refractivity contribution >= 4 is 28.9 Å². The summed E-state index contributed by atoms with van der Waals surface area (Å²) >= 11 is 0. The molecule has 1 aromatic carbocycles. The fourth-order valence-corrected chi connectivity index (χ4v) is 3.74. The summed E-state index contributed by atoms with van der Waals surface area (Å²) in [6.45, 7) is 4.15. The number of aromatic amines is 1. The van der Waals surface area contributed by atoms with Gasteiger partial charge in [0.25, 0.3) is 5.91 Å². The van der Waals surface area contributed by atoms with E-state index in [-0.39, 0.29) is 18.4 Å². The van der Waals surface area contributed by atoms with Gasteiger partial charge in [0.05, 0.1) is 24.0 Å². The second-order valence-corrected chi connectivity index (χ2v) is 9.10. The Kier molecular flexibility index (Phi) is 7.20. The molecule has 0 aliphatic heterocycles. The second-order valence-electron chi connectivity index (χ2n) is 9.10. The number of H-pyrrole nitrogens is 1. The molecule has 4 rings (SSSR count). The van der Waals surface area contributed by atoms with E-state index in [4.69, 9.17) is 0 Å². The highest BCUT2D eigenvalue weighted by molar-refractivity contribution is 6.06. The molecule has 0 saturated heterocycles. The number of fused-ring (bicyclic) bond motifs is 1. The van der Waals surface area contributed by atoms with Crippen LogP contribution in [0.1, 0.15) is 60.6 Å². The molecule has 9 heteroatoms. The Morgan fingerprint density at radius 1 is 1.12 bits per heavy atom. The molecule has 178 valence electrons. The fraction of sp³-hybridized carbons (Fsp3) is 0.400. The Bertz CT molecular complexity index is 1170. The monoisotopic (exact) mass is 462 g/mol. The number of carbonyl (C=O) groups excluding carboxylic acids is 3. The van der Waals surface area contributed by atoms with Gasteiger partial charge in [-0.1, -0.05) is 44.2 Å². The zero-order valence-corrected chi connectivity index (χ0v) is 19.4. The third kappa shape index (κ3) is 5.98. The number of amides is 3. The van der Waals surface area contributed by atoms with Crippen molar-refractivity contribution in [2.24, 2.45) is 5.92 Å². The highest BCUT2D eigenvalue weighted by Gasteiger charge is 2.28. The molecule has 9 nitrogen and oxygen atoms in total. The van der Waals surface area contributed by atoms with E-state index in [2.05, 4.69) is 30.9 Å². The highest BCUT2D eigenvalue weighted by Crippen LogP contribution is 2.39. The lowest BCUT2D eigenvalue weighted by Crippen LogP contribution is -2.49. The molecule has 3 amide bonds. The minimum absolute atomic E-state index is 0.159. The van der Waals surface area contributed by atoms with Gasteiger partial charge in [-0.3, -0.25) is 14.4 Å². The van der Waals surface area contributed by atoms with E-state index >= 15 is 0 Å². The Morgan fingerprint density at radius 3 is 2.59 bits per heavy atom. The summed E-state index contributed by atoms with van der Waals surface area (Å²) in [5.41, 5.74) is 3.26. The van der Waals surface area contributed by atoms with Crippen LogP contribution in [0.4, 0.5) is 0 Å². The lowest BCUT2D eigenvalue weighted by atomic mass is 10.0. The molecule has 2 heterocycles. The second kappa shape index (κ2) is 10.5. The largest absolute Gasteiger partial charge is 0.350 e. The normalized spacial score (nSPS) is 14.1. The van der Waals surface area contributed by atoms with Gasteiger partial charge in [0.1, 0.15) is 11.6 Å². The van der Waals surface area contributed by atoms with Gasteiger partial charge in [-0.05, 0) is 30.7 Å². The summed E-state index contributed by atoms with van der Waals surface area (Å²) in [6.07, 6.45) is 5.92. The van der Waals surface area contributed by atoms with E-state index < -0.39 is 17.9 Å². The van der Waals surface area contributed by atoms with Gasteiger partial charge < -0.3 is 20.9 Å². The molecule has 4 N–H and O–H groups in total. The molecule has 0 bridgehead atoms. The van der Waals surface area contributed by atoms with Crippen LogP contribution in [0.25, 0.3) is 11.2 Å². The molecule has 1 fully saturated rings. The van der Waals surface area contributed by atoms with Crippen LogP contribution >= 0.6 is 0 Å². The van der Waals surface area contributed by atoms with Crippen LogP contribution < -0.4 is 16.0 Å². The fourth-order valence-electron chi connectivity index (χ4n) is 3.74. The zero-order chi connectivity index (χ0) is 24.1. The summed E-state index contributed by atoms with van der Waals surface area (Å²) in [6, 6.07) is 8.75. The van der Waals surface area contributed by atoms with E-state index in [1.165, 1.54) is 0 Å². The van der Waals surface area contributed by atoms with E-state index in [1.807, 2.05) is 44.2 Å². The van der Waals surface area contributed by atoms with Gasteiger partial charge in [-0.15, -0.1) is 0 Å². The molecular weight excluding hydrogens is 432 g/mol. The molecule has 1 atom stereocenters. The molecule has 2 aromatic heterocycles. The van der Waals surface area contributed by atoms with Crippen molar-refractivity contribution in [2.75, 3.05) is 6.54 Å². The molecule has 3 aromatic rings. The summed E-state index contributed by atoms with van der Waals surface area (Å²) in [5, 5.41) is 8.24. The van der Waals surface area contributed by atoms with E-state index in [0.29, 0.717) is 35.6 Å². The van der Waals surface area contributed by atoms with Crippen molar-refractivity contribution < 1.29 is 14.4 Å². The first-order valence-electron chi connectivity index (χ1n) is 11.6.